The monoisotopic (exact) mass is 1040 g/mol. The smallest absolute Gasteiger partial charge is 0.216 e. The van der Waals surface area contributed by atoms with Crippen LogP contribution in [0.3, 0.4) is 0 Å². The Hall–Kier alpha value is -5.46. The van der Waals surface area contributed by atoms with Gasteiger partial charge in [0.1, 0.15) is 0 Å². The van der Waals surface area contributed by atoms with Gasteiger partial charge in [-0.25, -0.2) is 4.98 Å². The van der Waals surface area contributed by atoms with E-state index in [1.54, 1.807) is 0 Å². The van der Waals surface area contributed by atoms with Crippen molar-refractivity contribution in [2.75, 3.05) is 0 Å². The molecule has 0 spiro atoms. The Kier molecular flexibility index (Phi) is 13.2. The minimum atomic E-state index is -1.34. The van der Waals surface area contributed by atoms with Crippen LogP contribution in [0, 0.1) is 25.0 Å². The minimum Gasteiger partial charge on any atom is -0.486 e. The molecule has 0 aliphatic carbocycles. The van der Waals surface area contributed by atoms with Gasteiger partial charge in [-0.05, 0) is 81.7 Å². The van der Waals surface area contributed by atoms with Crippen molar-refractivity contribution in [3.8, 4) is 39.5 Å². The van der Waals surface area contributed by atoms with Crippen LogP contribution in [0.2, 0.25) is 19.6 Å². The summed E-state index contributed by atoms with van der Waals surface area (Å²) in [7, 11) is -1.34. The molecule has 329 valence electrons. The molecule has 9 aromatic rings. The van der Waals surface area contributed by atoms with Crippen LogP contribution < -0.4 is 5.19 Å². The van der Waals surface area contributed by atoms with Gasteiger partial charge in [-0.1, -0.05) is 153 Å². The average Bonchev–Trinajstić information content (AvgIpc) is 3.83. The van der Waals surface area contributed by atoms with Crippen molar-refractivity contribution in [2.24, 2.45) is 5.92 Å². The molecule has 4 aromatic heterocycles. The molecule has 0 saturated heterocycles. The first-order valence-corrected chi connectivity index (χ1v) is 25.8. The fraction of sp³-hybridized carbons (Fsp3) is 0.281. The maximum atomic E-state index is 6.62. The Morgan fingerprint density at radius 1 is 0.750 bits per heavy atom. The van der Waals surface area contributed by atoms with Crippen molar-refractivity contribution in [1.82, 2.24) is 19.5 Å². The van der Waals surface area contributed by atoms with Crippen LogP contribution in [0.1, 0.15) is 77.8 Å². The third kappa shape index (κ3) is 9.49. The standard InChI is InChI=1S/C39H36N3O.C18H24NSi.Ir/c1-24-17-19-28(35-34(24)27-20-22-33(39(5,6)7)41-37(27)43-35)36-40-30-15-11-12-16-32(30)42(36)31-21-18-26(23-29(31)38(2,3)4)25-13-9-8-10-14-25;1-14(2)11-16-12-17(15-9-7-6-8-10-15)19-13-18(16)20(3,4)5;/h8-18,20-23H,1-7H3;6-9,12-14H,11H2,1-5H3;/q2*-1;. The first-order valence-electron chi connectivity index (χ1n) is 22.3. The quantitative estimate of drug-likeness (QED) is 0.118. The fourth-order valence-corrected chi connectivity index (χ4v) is 10.1. The molecule has 4 heterocycles. The van der Waals surface area contributed by atoms with E-state index in [4.69, 9.17) is 14.4 Å². The SMILES string of the molecule is CC(C)Cc1cc(-c2[c-]cccc2)ncc1[Si](C)(C)C.Cc1c[c-]c(-c2nc3ccccc3n2-c2ccc(-c3ccccc3)cc2C(C)(C)C)c2oc3nc(C(C)(C)C)ccc3c12.[Ir]. The molecular weight excluding hydrogens is 977 g/mol. The summed E-state index contributed by atoms with van der Waals surface area (Å²) in [6.07, 6.45) is 3.24. The molecule has 9 rings (SSSR count). The summed E-state index contributed by atoms with van der Waals surface area (Å²) in [6, 6.07) is 49.2. The Bertz CT molecular complexity index is 3070. The van der Waals surface area contributed by atoms with E-state index in [1.807, 2.05) is 24.3 Å². The summed E-state index contributed by atoms with van der Waals surface area (Å²) >= 11 is 0. The van der Waals surface area contributed by atoms with Crippen LogP contribution >= 0.6 is 0 Å². The largest absolute Gasteiger partial charge is 0.486 e. The van der Waals surface area contributed by atoms with E-state index in [1.165, 1.54) is 27.4 Å². The molecule has 64 heavy (non-hydrogen) atoms. The van der Waals surface area contributed by atoms with Crippen molar-refractivity contribution in [2.45, 2.75) is 99.2 Å². The van der Waals surface area contributed by atoms with Gasteiger partial charge >= 0.3 is 0 Å². The molecule has 0 aliphatic rings. The van der Waals surface area contributed by atoms with Crippen molar-refractivity contribution in [3.05, 3.63) is 162 Å². The van der Waals surface area contributed by atoms with Crippen molar-refractivity contribution in [3.63, 3.8) is 0 Å². The van der Waals surface area contributed by atoms with Crippen molar-refractivity contribution in [1.29, 1.82) is 0 Å². The fourth-order valence-electron chi connectivity index (χ4n) is 8.51. The predicted octanol–water partition coefficient (Wildman–Crippen LogP) is 14.6. The third-order valence-electron chi connectivity index (χ3n) is 11.7. The molecule has 0 atom stereocenters. The van der Waals surface area contributed by atoms with Gasteiger partial charge in [0.05, 0.1) is 30.5 Å². The molecule has 1 radical (unpaired) electrons. The molecule has 0 amide bonds. The molecule has 0 aliphatic heterocycles. The zero-order valence-corrected chi connectivity index (χ0v) is 42.8. The molecule has 0 N–H and O–H groups in total. The summed E-state index contributed by atoms with van der Waals surface area (Å²) in [5.41, 5.74) is 14.5. The van der Waals surface area contributed by atoms with Gasteiger partial charge in [0.15, 0.2) is 0 Å². The van der Waals surface area contributed by atoms with Crippen LogP contribution in [0.25, 0.3) is 72.6 Å². The number of rotatable bonds is 7. The number of hydrogen-bond acceptors (Lipinski definition) is 4. The number of nitrogens with zero attached hydrogens (tertiary/aromatic N) is 4. The van der Waals surface area contributed by atoms with Gasteiger partial charge in [0.25, 0.3) is 0 Å². The Labute approximate surface area is 394 Å². The average molecular weight is 1040 g/mol. The Morgan fingerprint density at radius 2 is 1.47 bits per heavy atom. The topological polar surface area (TPSA) is 56.7 Å². The predicted molar refractivity (Wildman–Crippen MR) is 268 cm³/mol. The van der Waals surface area contributed by atoms with E-state index >= 15 is 0 Å². The number of aromatic nitrogens is 4. The number of para-hydroxylation sites is 2. The summed E-state index contributed by atoms with van der Waals surface area (Å²) in [4.78, 5) is 14.9. The van der Waals surface area contributed by atoms with E-state index in [0.29, 0.717) is 11.6 Å². The van der Waals surface area contributed by atoms with Crippen molar-refractivity contribution >= 4 is 46.4 Å². The molecular formula is C57H60IrN4OSi-2. The van der Waals surface area contributed by atoms with Gasteiger partial charge in [-0.2, -0.15) is 0 Å². The van der Waals surface area contributed by atoms with E-state index in [-0.39, 0.29) is 30.9 Å². The second kappa shape index (κ2) is 18.2. The third-order valence-corrected chi connectivity index (χ3v) is 13.8. The normalized spacial score (nSPS) is 12.1. The Balaban J connectivity index is 0.000000246. The maximum Gasteiger partial charge on any atom is 0.216 e. The van der Waals surface area contributed by atoms with E-state index in [2.05, 4.69) is 207 Å². The van der Waals surface area contributed by atoms with Gasteiger partial charge in [0, 0.05) is 48.5 Å². The van der Waals surface area contributed by atoms with Crippen molar-refractivity contribution < 1.29 is 24.5 Å². The molecule has 5 aromatic carbocycles. The first kappa shape index (κ1) is 46.5. The minimum absolute atomic E-state index is 0. The van der Waals surface area contributed by atoms with Gasteiger partial charge in [0.2, 0.25) is 5.71 Å². The molecule has 5 nitrogen and oxygen atoms in total. The summed E-state index contributed by atoms with van der Waals surface area (Å²) < 4.78 is 8.90. The molecule has 0 fully saturated rings. The molecule has 7 heteroatoms. The molecule has 0 bridgehead atoms. The number of imidazole rings is 1. The maximum absolute atomic E-state index is 6.62. The Morgan fingerprint density at radius 3 is 2.14 bits per heavy atom. The van der Waals surface area contributed by atoms with Gasteiger partial charge in [-0.15, -0.1) is 53.6 Å². The van der Waals surface area contributed by atoms with Gasteiger partial charge in [-0.3, -0.25) is 4.98 Å². The van der Waals surface area contributed by atoms with Crippen LogP contribution in [0.5, 0.6) is 0 Å². The summed E-state index contributed by atoms with van der Waals surface area (Å²) in [5, 5.41) is 3.57. The second-order valence-electron chi connectivity index (χ2n) is 20.4. The number of aryl methyl sites for hydroxylation is 1. The van der Waals surface area contributed by atoms with E-state index < -0.39 is 8.07 Å². The molecule has 0 saturated carbocycles. The summed E-state index contributed by atoms with van der Waals surface area (Å²) in [6.45, 7) is 27.2. The number of benzene rings is 5. The zero-order chi connectivity index (χ0) is 44.8. The molecule has 0 unspecified atom stereocenters. The zero-order valence-electron chi connectivity index (χ0n) is 39.4. The first-order chi connectivity index (χ1) is 29.9. The van der Waals surface area contributed by atoms with Crippen LogP contribution in [-0.4, -0.2) is 27.6 Å². The number of fused-ring (bicyclic) bond motifs is 4. The number of hydrogen-bond donors (Lipinski definition) is 0. The van der Waals surface area contributed by atoms with Gasteiger partial charge < -0.3 is 14.0 Å². The summed E-state index contributed by atoms with van der Waals surface area (Å²) in [5.74, 6) is 1.47. The number of pyridine rings is 2. The van der Waals surface area contributed by atoms with Crippen LogP contribution in [-0.2, 0) is 37.4 Å². The van der Waals surface area contributed by atoms with E-state index in [9.17, 15) is 0 Å². The van der Waals surface area contributed by atoms with E-state index in [0.717, 1.165) is 73.4 Å². The van der Waals surface area contributed by atoms with Crippen LogP contribution in [0.4, 0.5) is 0 Å². The number of furan rings is 1. The van der Waals surface area contributed by atoms with Crippen LogP contribution in [0.15, 0.2) is 132 Å². The second-order valence-corrected chi connectivity index (χ2v) is 25.4.